The van der Waals surface area contributed by atoms with Crippen molar-refractivity contribution in [2.24, 2.45) is 0 Å². The van der Waals surface area contributed by atoms with E-state index >= 15 is 0 Å². The largest absolute Gasteiger partial charge is 0.462 e. The highest BCUT2D eigenvalue weighted by Gasteiger charge is 2.19. The normalized spacial score (nSPS) is 12.2. The molecule has 0 radical (unpaired) electrons. The Balaban J connectivity index is 4.12. The number of allylic oxidation sites excluding steroid dienone is 6. The number of hydrogen-bond acceptors (Lipinski definition) is 6. The first-order valence-electron chi connectivity index (χ1n) is 34.5. The van der Waals surface area contributed by atoms with Crippen LogP contribution in [0.15, 0.2) is 36.5 Å². The Morgan fingerprint density at radius 1 is 0.260 bits per heavy atom. The minimum absolute atomic E-state index is 0.0726. The van der Waals surface area contributed by atoms with Crippen LogP contribution >= 0.6 is 0 Å². The molecule has 0 N–H and O–H groups in total. The number of ether oxygens (including phenoxy) is 3. The molecule has 0 aromatic rings. The van der Waals surface area contributed by atoms with E-state index < -0.39 is 6.10 Å². The smallest absolute Gasteiger partial charge is 0.306 e. The van der Waals surface area contributed by atoms with Crippen molar-refractivity contribution in [1.29, 1.82) is 0 Å². The van der Waals surface area contributed by atoms with E-state index in [1.807, 2.05) is 0 Å². The van der Waals surface area contributed by atoms with Gasteiger partial charge >= 0.3 is 17.9 Å². The van der Waals surface area contributed by atoms with Crippen molar-refractivity contribution in [2.45, 2.75) is 386 Å². The summed E-state index contributed by atoms with van der Waals surface area (Å²) < 4.78 is 16.9. The number of carbonyl (C=O) groups is 3. The number of unbranched alkanes of at least 4 members (excludes halogenated alkanes) is 47. The van der Waals surface area contributed by atoms with Crippen LogP contribution in [0.4, 0.5) is 0 Å². The summed E-state index contributed by atoms with van der Waals surface area (Å²) in [6.45, 7) is 6.66. The summed E-state index contributed by atoms with van der Waals surface area (Å²) in [5, 5.41) is 0. The van der Waals surface area contributed by atoms with Gasteiger partial charge in [-0.25, -0.2) is 0 Å². The molecule has 0 amide bonds. The molecule has 0 aliphatic carbocycles. The van der Waals surface area contributed by atoms with E-state index in [2.05, 4.69) is 57.2 Å². The van der Waals surface area contributed by atoms with Crippen molar-refractivity contribution in [3.63, 3.8) is 0 Å². The Hall–Kier alpha value is -2.37. The summed E-state index contributed by atoms with van der Waals surface area (Å²) in [6.07, 6.45) is 81.8. The molecule has 0 aliphatic rings. The van der Waals surface area contributed by atoms with E-state index in [-0.39, 0.29) is 31.1 Å². The summed E-state index contributed by atoms with van der Waals surface area (Å²) in [7, 11) is 0. The lowest BCUT2D eigenvalue weighted by atomic mass is 10.0. The Bertz CT molecular complexity index is 1290. The van der Waals surface area contributed by atoms with E-state index in [0.717, 1.165) is 83.5 Å². The number of rotatable bonds is 64. The fraction of sp³-hybridized carbons (Fsp3) is 0.873. The van der Waals surface area contributed by atoms with Gasteiger partial charge in [0.25, 0.3) is 0 Å². The van der Waals surface area contributed by atoms with Crippen LogP contribution in [-0.4, -0.2) is 37.2 Å². The standard InChI is InChI=1S/C71H132O6/c1-4-7-10-13-16-19-22-25-27-28-29-30-31-32-33-34-35-36-37-38-39-40-41-42-44-46-49-52-55-58-61-64-70(73)76-67-68(66-75-69(72)63-60-57-54-51-48-45-24-21-18-15-12-9-6-3)77-71(74)65-62-59-56-53-50-47-43-26-23-20-17-14-11-8-5-2/h17,20,26,28-29,43,68H,4-16,18-19,21-25,27,30-42,44-67H2,1-3H3/b20-17-,29-28-,43-26-. The van der Waals surface area contributed by atoms with Crippen molar-refractivity contribution in [2.75, 3.05) is 13.2 Å². The highest BCUT2D eigenvalue weighted by Crippen LogP contribution is 2.18. The van der Waals surface area contributed by atoms with Gasteiger partial charge in [0.05, 0.1) is 0 Å². The van der Waals surface area contributed by atoms with Crippen LogP contribution in [0.2, 0.25) is 0 Å². The Morgan fingerprint density at radius 2 is 0.468 bits per heavy atom. The third kappa shape index (κ3) is 64.3. The molecule has 1 unspecified atom stereocenters. The average Bonchev–Trinajstić information content (AvgIpc) is 3.43. The second kappa shape index (κ2) is 66.1. The van der Waals surface area contributed by atoms with Crippen molar-refractivity contribution in [1.82, 2.24) is 0 Å². The van der Waals surface area contributed by atoms with Gasteiger partial charge in [-0.3, -0.25) is 14.4 Å². The van der Waals surface area contributed by atoms with Crippen LogP contribution in [0.3, 0.4) is 0 Å². The van der Waals surface area contributed by atoms with Gasteiger partial charge in [0.15, 0.2) is 6.10 Å². The van der Waals surface area contributed by atoms with Crippen molar-refractivity contribution in [3.05, 3.63) is 36.5 Å². The van der Waals surface area contributed by atoms with Gasteiger partial charge < -0.3 is 14.2 Å². The Kier molecular flexibility index (Phi) is 64.1. The highest BCUT2D eigenvalue weighted by atomic mass is 16.6. The summed E-state index contributed by atoms with van der Waals surface area (Å²) in [5.41, 5.74) is 0. The van der Waals surface area contributed by atoms with E-state index in [0.29, 0.717) is 19.3 Å². The molecule has 0 aromatic carbocycles. The highest BCUT2D eigenvalue weighted by molar-refractivity contribution is 5.71. The topological polar surface area (TPSA) is 78.9 Å². The van der Waals surface area contributed by atoms with E-state index in [9.17, 15) is 14.4 Å². The molecule has 0 heterocycles. The fourth-order valence-corrected chi connectivity index (χ4v) is 10.4. The lowest BCUT2D eigenvalue weighted by molar-refractivity contribution is -0.167. The minimum atomic E-state index is -0.776. The summed E-state index contributed by atoms with van der Waals surface area (Å²) in [4.78, 5) is 38.3. The fourth-order valence-electron chi connectivity index (χ4n) is 10.4. The van der Waals surface area contributed by atoms with Crippen LogP contribution in [0.1, 0.15) is 380 Å². The SMILES string of the molecule is CCCCC/C=C\C/C=C\CCCCCCCC(=O)OC(COC(=O)CCCCCCCCCCCCCCC)COC(=O)CCCCCCCCCCCCCCCCCCCCC/C=C\CCCCCCCCCC. The monoisotopic (exact) mass is 1080 g/mol. The zero-order chi connectivity index (χ0) is 55.7. The molecule has 0 bridgehead atoms. The molecule has 0 rings (SSSR count). The summed E-state index contributed by atoms with van der Waals surface area (Å²) in [5.74, 6) is -0.861. The van der Waals surface area contributed by atoms with Gasteiger partial charge in [0.2, 0.25) is 0 Å². The third-order valence-corrected chi connectivity index (χ3v) is 15.6. The van der Waals surface area contributed by atoms with E-state index in [4.69, 9.17) is 14.2 Å². The van der Waals surface area contributed by atoms with Crippen LogP contribution in [0.5, 0.6) is 0 Å². The molecule has 0 saturated carbocycles. The first-order valence-corrected chi connectivity index (χ1v) is 34.5. The molecule has 6 heteroatoms. The molecule has 1 atom stereocenters. The zero-order valence-corrected chi connectivity index (χ0v) is 52.0. The molecule has 6 nitrogen and oxygen atoms in total. The molecule has 0 spiro atoms. The number of esters is 3. The van der Waals surface area contributed by atoms with E-state index in [1.54, 1.807) is 0 Å². The minimum Gasteiger partial charge on any atom is -0.462 e. The van der Waals surface area contributed by atoms with Gasteiger partial charge in [0, 0.05) is 19.3 Å². The maximum Gasteiger partial charge on any atom is 0.306 e. The molecule has 77 heavy (non-hydrogen) atoms. The van der Waals surface area contributed by atoms with Crippen LogP contribution in [0, 0.1) is 0 Å². The van der Waals surface area contributed by atoms with Crippen molar-refractivity contribution < 1.29 is 28.6 Å². The van der Waals surface area contributed by atoms with Gasteiger partial charge in [-0.15, -0.1) is 0 Å². The van der Waals surface area contributed by atoms with Crippen LogP contribution in [-0.2, 0) is 28.6 Å². The second-order valence-electron chi connectivity index (χ2n) is 23.4. The molecule has 0 aliphatic heterocycles. The third-order valence-electron chi connectivity index (χ3n) is 15.6. The van der Waals surface area contributed by atoms with Crippen LogP contribution < -0.4 is 0 Å². The molecular weight excluding hydrogens is 949 g/mol. The van der Waals surface area contributed by atoms with Gasteiger partial charge in [-0.2, -0.15) is 0 Å². The maximum absolute atomic E-state index is 12.9. The molecule has 0 aromatic heterocycles. The van der Waals surface area contributed by atoms with Gasteiger partial charge in [-0.05, 0) is 77.0 Å². The number of carbonyl (C=O) groups excluding carboxylic acids is 3. The first kappa shape index (κ1) is 74.6. The predicted octanol–water partition coefficient (Wildman–Crippen LogP) is 23.6. The van der Waals surface area contributed by atoms with Crippen LogP contribution in [0.25, 0.3) is 0 Å². The first-order chi connectivity index (χ1) is 38.0. The summed E-state index contributed by atoms with van der Waals surface area (Å²) in [6, 6.07) is 0. The quantitative estimate of drug-likeness (QED) is 0.0261. The van der Waals surface area contributed by atoms with E-state index in [1.165, 1.54) is 257 Å². The maximum atomic E-state index is 12.9. The second-order valence-corrected chi connectivity index (χ2v) is 23.4. The van der Waals surface area contributed by atoms with Crippen molar-refractivity contribution >= 4 is 17.9 Å². The molecule has 452 valence electrons. The van der Waals surface area contributed by atoms with Gasteiger partial charge in [0.1, 0.15) is 13.2 Å². The number of hydrogen-bond donors (Lipinski definition) is 0. The lowest BCUT2D eigenvalue weighted by Crippen LogP contribution is -2.30. The predicted molar refractivity (Wildman–Crippen MR) is 335 cm³/mol. The van der Waals surface area contributed by atoms with Crippen molar-refractivity contribution in [3.8, 4) is 0 Å². The zero-order valence-electron chi connectivity index (χ0n) is 52.0. The molecular formula is C71H132O6. The molecule has 0 fully saturated rings. The summed E-state index contributed by atoms with van der Waals surface area (Å²) >= 11 is 0. The Morgan fingerprint density at radius 3 is 0.753 bits per heavy atom. The Labute approximate surface area is 480 Å². The van der Waals surface area contributed by atoms with Gasteiger partial charge in [-0.1, -0.05) is 320 Å². The average molecular weight is 1080 g/mol. The molecule has 0 saturated heterocycles. The lowest BCUT2D eigenvalue weighted by Gasteiger charge is -2.18.